The van der Waals surface area contributed by atoms with Crippen LogP contribution in [0.4, 0.5) is 45.5 Å². The van der Waals surface area contributed by atoms with Crippen LogP contribution in [0.2, 0.25) is 15.1 Å². The third-order valence-corrected chi connectivity index (χ3v) is 15.1. The molecule has 0 spiro atoms. The maximum absolute atomic E-state index is 9.86. The first kappa shape index (κ1) is 38.1. The number of hydrogen-bond acceptors (Lipinski definition) is 3. The van der Waals surface area contributed by atoms with E-state index in [9.17, 15) is 8.22 Å². The molecule has 0 radical (unpaired) electrons. The van der Waals surface area contributed by atoms with Gasteiger partial charge in [-0.2, -0.15) is 0 Å². The van der Waals surface area contributed by atoms with Gasteiger partial charge in [0.15, 0.2) is 0 Å². The number of benzene rings is 10. The van der Waals surface area contributed by atoms with Gasteiger partial charge in [-0.15, -0.1) is 0 Å². The van der Waals surface area contributed by atoms with Crippen molar-refractivity contribution in [3.63, 3.8) is 0 Å². The van der Waals surface area contributed by atoms with Gasteiger partial charge in [0.25, 0.3) is 0 Å². The zero-order valence-corrected chi connectivity index (χ0v) is 54.9. The number of rotatable bonds is 8. The van der Waals surface area contributed by atoms with Crippen molar-refractivity contribution in [1.29, 1.82) is 0 Å². The molecule has 3 nitrogen and oxygen atoms in total. The normalized spacial score (nSPS) is 17.6. The van der Waals surface area contributed by atoms with E-state index in [0.29, 0.717) is 21.8 Å². The van der Waals surface area contributed by atoms with Gasteiger partial charge in [0.1, 0.15) is 0 Å². The lowest BCUT2D eigenvalue weighted by Gasteiger charge is -2.30. The minimum atomic E-state index is -3.68. The highest BCUT2D eigenvalue weighted by Crippen LogP contribution is 2.44. The van der Waals surface area contributed by atoms with E-state index in [1.165, 1.54) is 47.4 Å². The number of fused-ring (bicyclic) bond motifs is 2. The third-order valence-electron chi connectivity index (χ3n) is 14.1. The van der Waals surface area contributed by atoms with Gasteiger partial charge in [0.05, 0.1) is 17.8 Å². The van der Waals surface area contributed by atoms with Gasteiger partial charge in [0, 0.05) is 85.6 Å². The van der Waals surface area contributed by atoms with Crippen molar-refractivity contribution in [2.24, 2.45) is 0 Å². The second kappa shape index (κ2) is 26.3. The van der Waals surface area contributed by atoms with Crippen molar-refractivity contribution < 1.29 is 38.4 Å². The molecule has 0 atom stereocenters. The predicted octanol–water partition coefficient (Wildman–Crippen LogP) is 26.6. The van der Waals surface area contributed by atoms with Gasteiger partial charge in [-0.3, -0.25) is 0 Å². The Morgan fingerprint density at radius 3 is 1.13 bits per heavy atom. The molecule has 0 aliphatic carbocycles. The minimum absolute atomic E-state index is 0.0334. The molecule has 0 saturated carbocycles. The molecule has 0 fully saturated rings. The fraction of sp³-hybridized carbons (Fsp3) is 0.300. The van der Waals surface area contributed by atoms with Crippen molar-refractivity contribution in [2.45, 2.75) is 157 Å². The molecule has 0 amide bonds. The van der Waals surface area contributed by atoms with Crippen molar-refractivity contribution in [2.75, 3.05) is 15.1 Å². The maximum Gasteiger partial charge on any atom is 0.0651 e. The van der Waals surface area contributed by atoms with Crippen molar-refractivity contribution in [1.82, 2.24) is 0 Å². The van der Waals surface area contributed by atoms with Crippen LogP contribution in [0.25, 0.3) is 21.5 Å². The molecule has 10 rings (SSSR count). The smallest absolute Gasteiger partial charge is 0.0651 e. The molecule has 1 N–H and O–H groups in total. The van der Waals surface area contributed by atoms with Crippen LogP contribution in [-0.2, 0) is 32.5 Å². The summed E-state index contributed by atoms with van der Waals surface area (Å²) in [5.74, 6) is 0. The van der Waals surface area contributed by atoms with E-state index in [2.05, 4.69) is 54.2 Å². The molecule has 0 aliphatic rings. The second-order valence-electron chi connectivity index (χ2n) is 25.5. The number of nitrogens with zero attached hydrogens (tertiary/aromatic N) is 2. The van der Waals surface area contributed by atoms with Gasteiger partial charge < -0.3 is 15.1 Å². The number of anilines is 8. The highest BCUT2D eigenvalue weighted by molar-refractivity contribution is 9.10. The van der Waals surface area contributed by atoms with Crippen molar-refractivity contribution >= 4 is 118 Å². The maximum atomic E-state index is 9.86. The Kier molecular flexibility index (Phi) is 11.5. The summed E-state index contributed by atoms with van der Waals surface area (Å²) < 4.78 is 237. The fourth-order valence-electron chi connectivity index (χ4n) is 9.10. The average Bonchev–Trinajstić information content (AvgIpc) is 0.710. The van der Waals surface area contributed by atoms with E-state index in [-0.39, 0.29) is 99.9 Å². The van der Waals surface area contributed by atoms with Crippen LogP contribution >= 0.6 is 50.7 Å². The molecule has 10 aromatic carbocycles. The third kappa shape index (κ3) is 17.4. The first-order chi connectivity index (χ1) is 52.2. The summed E-state index contributed by atoms with van der Waals surface area (Å²) in [6.07, 6.45) is 0. The van der Waals surface area contributed by atoms with Gasteiger partial charge in [0.2, 0.25) is 0 Å². The van der Waals surface area contributed by atoms with Crippen LogP contribution in [0.5, 0.6) is 0 Å². The van der Waals surface area contributed by atoms with Gasteiger partial charge in [-0.1, -0.05) is 254 Å². The predicted molar refractivity (Wildman–Crippen MR) is 388 cm³/mol. The number of halogens is 4. The monoisotopic (exact) mass is 1300 g/mol. The van der Waals surface area contributed by atoms with Gasteiger partial charge in [-0.05, 0) is 215 Å². The molecule has 0 aromatic heterocycles. The first-order valence-corrected chi connectivity index (χ1v) is 29.9. The van der Waals surface area contributed by atoms with Gasteiger partial charge >= 0.3 is 0 Å². The lowest BCUT2D eigenvalue weighted by Crippen LogP contribution is -2.16. The Morgan fingerprint density at radius 1 is 0.333 bits per heavy atom. The summed E-state index contributed by atoms with van der Waals surface area (Å²) in [5.41, 5.74) is -1.62. The van der Waals surface area contributed by atoms with Crippen LogP contribution in [-0.4, -0.2) is 0 Å². The molecule has 87 heavy (non-hydrogen) atoms. The molecule has 0 saturated heterocycles. The second-order valence-corrected chi connectivity index (χ2v) is 27.6. The molecule has 452 valence electrons. The summed E-state index contributed by atoms with van der Waals surface area (Å²) in [5, 5.41) is 2.77. The van der Waals surface area contributed by atoms with Crippen LogP contribution in [0, 0.1) is 0 Å². The lowest BCUT2D eigenvalue weighted by molar-refractivity contribution is 0.590. The van der Waals surface area contributed by atoms with Gasteiger partial charge in [-0.25, -0.2) is 0 Å². The Morgan fingerprint density at radius 2 is 0.701 bits per heavy atom. The Labute approximate surface area is 584 Å². The van der Waals surface area contributed by atoms with Crippen LogP contribution in [0.1, 0.15) is 196 Å². The molecule has 0 aliphatic heterocycles. The van der Waals surface area contributed by atoms with Crippen molar-refractivity contribution in [3.8, 4) is 0 Å². The highest BCUT2D eigenvalue weighted by atomic mass is 79.9. The zero-order valence-electron chi connectivity index (χ0n) is 79.0. The minimum Gasteiger partial charge on any atom is -0.355 e. The molecular weight excluding hydrogens is 1190 g/mol. The zero-order chi connectivity index (χ0) is 87.4. The van der Waals surface area contributed by atoms with E-state index in [0.717, 1.165) is 34.6 Å². The lowest BCUT2D eigenvalue weighted by atomic mass is 9.86. The SMILES string of the molecule is [2H]C([2H])([2H])C(C)(C)c1cc(Cl)cc(Nc2ccc(C(C)(C)C)cc2)c1.[2H]c1c(N(c2ccc(C(C)(C)C)cc2)c2cc(Cl)cc(C(C([2H])([2H])[2H])(C([2H])([2H])[2H])C([2H])([2H])[2H])c2)c([2H])c2c([2H])c([2H])c(N(c3ccc(C(C)(C)C)cc3)c3cc(Cl)cc(C(C)(C)C([2H])([2H])[2H])c3)c([2H])c2c1[2H].[2H]c1c([2H])c([2H])c2c([2H])c(Br)c([2H])c([2H])c2c1[2H]. The topological polar surface area (TPSA) is 18.5 Å². The van der Waals surface area contributed by atoms with Crippen LogP contribution in [0.3, 0.4) is 0 Å². The van der Waals surface area contributed by atoms with E-state index in [1.807, 2.05) is 71.9 Å². The Balaban J connectivity index is 0.000000308. The molecule has 0 unspecified atom stereocenters. The standard InChI is InChI=1S/C50H56Cl2N2.C20H26ClN.C10H7Br/c1-47(2,3)35-15-21-41(22-16-35)53(45-29-37(49(7,8)9)27-39(51)31-45)43-19-13-34-26-44(20-14-33(34)25-43)54(42-23-17-36(18-24-42)48(4,5)6)46-30-38(50(10,11)12)28-40(52)32-46;1-19(2,3)14-7-9-17(10-8-14)22-18-12-15(20(4,5)6)11-16(21)13-18;11-10-6-5-8-3-1-2-4-9(8)7-10/h13-32H,1-12H3;7-13,22H,1-6H3;1-7H/i7D3,8D3,9D3,10D3,13D,14D,19D,20D,25D,26D;4D3;1D,2D,3D,4D,5D,6D,7D. The molecule has 10 aromatic rings. The quantitative estimate of drug-likeness (QED) is 0.164. The van der Waals surface area contributed by atoms with Crippen LogP contribution < -0.4 is 15.1 Å². The molecule has 0 bridgehead atoms. The molecule has 7 heteroatoms. The molecule has 0 heterocycles. The summed E-state index contributed by atoms with van der Waals surface area (Å²) in [7, 11) is 0. The van der Waals surface area contributed by atoms with E-state index < -0.39 is 115 Å². The van der Waals surface area contributed by atoms with Crippen LogP contribution in [0.15, 0.2) is 210 Å². The van der Waals surface area contributed by atoms with E-state index in [1.54, 1.807) is 68.4 Å². The Bertz CT molecular complexity index is 5210. The largest absolute Gasteiger partial charge is 0.355 e. The number of hydrogen-bond donors (Lipinski definition) is 1. The summed E-state index contributed by atoms with van der Waals surface area (Å²) in [6, 6.07) is 29.1. The van der Waals surface area contributed by atoms with E-state index >= 15 is 0 Å². The fourth-order valence-corrected chi connectivity index (χ4v) is 10.1. The van der Waals surface area contributed by atoms with E-state index in [4.69, 9.17) is 65.0 Å². The summed E-state index contributed by atoms with van der Waals surface area (Å²) in [6.45, 7) is 9.33. The molecular formula is C80H89BrCl3N3. The average molecular weight is 1310 g/mol. The number of nitrogens with one attached hydrogen (secondary N) is 1. The summed E-state index contributed by atoms with van der Waals surface area (Å²) in [4.78, 5) is 2.68. The Hall–Kier alpha value is -6.53. The summed E-state index contributed by atoms with van der Waals surface area (Å²) >= 11 is 22.7. The first-order valence-electron chi connectivity index (χ1n) is 42.0. The highest BCUT2D eigenvalue weighted by Gasteiger charge is 2.24. The van der Waals surface area contributed by atoms with Crippen molar-refractivity contribution in [3.05, 3.63) is 259 Å².